The molecule has 0 aromatic carbocycles. The highest BCUT2D eigenvalue weighted by Gasteiger charge is 2.62. The molecule has 0 aliphatic rings. The van der Waals surface area contributed by atoms with Gasteiger partial charge in [0.15, 0.2) is 0 Å². The number of halogens is 8. The van der Waals surface area contributed by atoms with Crippen molar-refractivity contribution >= 4 is 11.9 Å². The molecule has 0 bridgehead atoms. The van der Waals surface area contributed by atoms with Crippen LogP contribution in [0, 0.1) is 5.92 Å². The van der Waals surface area contributed by atoms with Crippen molar-refractivity contribution in [3.05, 3.63) is 0 Å². The van der Waals surface area contributed by atoms with E-state index in [0.29, 0.717) is 0 Å². The second-order valence-electron chi connectivity index (χ2n) is 3.96. The molecular formula is C9H9F8NO3. The van der Waals surface area contributed by atoms with Crippen molar-refractivity contribution in [3.63, 3.8) is 0 Å². The van der Waals surface area contributed by atoms with Crippen molar-refractivity contribution < 1.29 is 49.8 Å². The van der Waals surface area contributed by atoms with Crippen molar-refractivity contribution in [2.24, 2.45) is 5.92 Å². The minimum atomic E-state index is -6.08. The molecule has 0 spiro atoms. The smallest absolute Gasteiger partial charge is 0.471 e. The number of amides is 1. The van der Waals surface area contributed by atoms with Gasteiger partial charge < -0.3 is 10.4 Å². The largest absolute Gasteiger partial charge is 0.481 e. The Morgan fingerprint density at radius 3 is 1.81 bits per heavy atom. The predicted octanol–water partition coefficient (Wildman–Crippen LogP) is 2.34. The highest BCUT2D eigenvalue weighted by molar-refractivity contribution is 5.81. The molecule has 0 rings (SSSR count). The Bertz CT molecular complexity index is 389. The van der Waals surface area contributed by atoms with E-state index in [1.807, 2.05) is 0 Å². The van der Waals surface area contributed by atoms with Gasteiger partial charge in [-0.05, 0) is 6.42 Å². The topological polar surface area (TPSA) is 66.4 Å². The summed E-state index contributed by atoms with van der Waals surface area (Å²) in [6, 6.07) is 0. The van der Waals surface area contributed by atoms with Crippen LogP contribution in [0.25, 0.3) is 0 Å². The SMILES string of the molecule is O=C(O)CCC(CNC(=O)C(F)(F)F)C(F)(F)C(F)(F)F. The molecule has 1 atom stereocenters. The molecule has 0 aliphatic heterocycles. The van der Waals surface area contributed by atoms with Crippen LogP contribution in [0.15, 0.2) is 0 Å². The van der Waals surface area contributed by atoms with Crippen LogP contribution in [-0.2, 0) is 9.59 Å². The third-order valence-corrected chi connectivity index (χ3v) is 2.36. The number of carboxylic acids is 1. The Labute approximate surface area is 112 Å². The Morgan fingerprint density at radius 1 is 1.00 bits per heavy atom. The molecule has 0 aliphatic carbocycles. The number of aliphatic carboxylic acids is 1. The van der Waals surface area contributed by atoms with E-state index >= 15 is 0 Å². The maximum atomic E-state index is 13.0. The summed E-state index contributed by atoms with van der Waals surface area (Å²) < 4.78 is 98.0. The quantitative estimate of drug-likeness (QED) is 0.734. The number of hydrogen-bond acceptors (Lipinski definition) is 2. The van der Waals surface area contributed by atoms with Gasteiger partial charge in [-0.1, -0.05) is 0 Å². The van der Waals surface area contributed by atoms with Crippen molar-refractivity contribution in [1.82, 2.24) is 5.32 Å². The Hall–Kier alpha value is -1.62. The van der Waals surface area contributed by atoms with Crippen LogP contribution in [0.4, 0.5) is 35.1 Å². The molecule has 0 saturated carbocycles. The van der Waals surface area contributed by atoms with E-state index in [2.05, 4.69) is 0 Å². The zero-order valence-corrected chi connectivity index (χ0v) is 9.99. The molecular weight excluding hydrogens is 322 g/mol. The van der Waals surface area contributed by atoms with Crippen molar-refractivity contribution in [3.8, 4) is 0 Å². The molecule has 1 amide bonds. The summed E-state index contributed by atoms with van der Waals surface area (Å²) in [5.74, 6) is -12.7. The van der Waals surface area contributed by atoms with Crippen LogP contribution in [0.1, 0.15) is 12.8 Å². The minimum absolute atomic E-state index is 0.888. The normalized spacial score (nSPS) is 14.7. The molecule has 0 heterocycles. The van der Waals surface area contributed by atoms with Gasteiger partial charge in [0.25, 0.3) is 0 Å². The number of carbonyl (C=O) groups excluding carboxylic acids is 1. The average molecular weight is 331 g/mol. The second-order valence-corrected chi connectivity index (χ2v) is 3.96. The third kappa shape index (κ3) is 5.71. The fraction of sp³-hybridized carbons (Fsp3) is 0.778. The van der Waals surface area contributed by atoms with Crippen molar-refractivity contribution in [2.75, 3.05) is 6.54 Å². The number of carbonyl (C=O) groups is 2. The lowest BCUT2D eigenvalue weighted by atomic mass is 9.95. The van der Waals surface area contributed by atoms with Gasteiger partial charge in [0.05, 0.1) is 5.92 Å². The molecule has 4 nitrogen and oxygen atoms in total. The Morgan fingerprint density at radius 2 is 1.48 bits per heavy atom. The molecule has 21 heavy (non-hydrogen) atoms. The van der Waals surface area contributed by atoms with Gasteiger partial charge in [-0.25, -0.2) is 0 Å². The zero-order chi connectivity index (χ0) is 17.1. The minimum Gasteiger partial charge on any atom is -0.481 e. The van der Waals surface area contributed by atoms with E-state index in [0.717, 1.165) is 5.32 Å². The lowest BCUT2D eigenvalue weighted by Crippen LogP contribution is -2.49. The first-order valence-electron chi connectivity index (χ1n) is 5.21. The summed E-state index contributed by atoms with van der Waals surface area (Å²) in [6.07, 6.45) is -13.9. The molecule has 12 heteroatoms. The van der Waals surface area contributed by atoms with Crippen LogP contribution in [-0.4, -0.2) is 41.8 Å². The maximum Gasteiger partial charge on any atom is 0.471 e. The van der Waals surface area contributed by atoms with Crippen molar-refractivity contribution in [2.45, 2.75) is 31.1 Å². The molecule has 2 N–H and O–H groups in total. The summed E-state index contributed by atoms with van der Waals surface area (Å²) >= 11 is 0. The first-order chi connectivity index (χ1) is 9.19. The van der Waals surface area contributed by atoms with Crippen LogP contribution < -0.4 is 5.32 Å². The third-order valence-electron chi connectivity index (χ3n) is 2.36. The van der Waals surface area contributed by atoms with E-state index < -0.39 is 55.5 Å². The fourth-order valence-corrected chi connectivity index (χ4v) is 1.26. The van der Waals surface area contributed by atoms with E-state index in [4.69, 9.17) is 5.11 Å². The zero-order valence-electron chi connectivity index (χ0n) is 9.99. The fourth-order valence-electron chi connectivity index (χ4n) is 1.26. The molecule has 0 fully saturated rings. The lowest BCUT2D eigenvalue weighted by molar-refractivity contribution is -0.302. The molecule has 0 aromatic heterocycles. The first-order valence-corrected chi connectivity index (χ1v) is 5.21. The standard InChI is InChI=1S/C9H9F8NO3/c10-7(11,9(15,16)17)4(1-2-5(19)20)3-18-6(21)8(12,13)14/h4H,1-3H2,(H,18,21)(H,19,20). The van der Waals surface area contributed by atoms with Crippen molar-refractivity contribution in [1.29, 1.82) is 0 Å². The van der Waals surface area contributed by atoms with Crippen LogP contribution in [0.3, 0.4) is 0 Å². The molecule has 124 valence electrons. The number of carboxylic acid groups (broad SMARTS) is 1. The lowest BCUT2D eigenvalue weighted by Gasteiger charge is -2.28. The summed E-state index contributed by atoms with van der Waals surface area (Å²) in [4.78, 5) is 20.6. The summed E-state index contributed by atoms with van der Waals surface area (Å²) in [6.45, 7) is -1.67. The van der Waals surface area contributed by atoms with E-state index in [1.54, 1.807) is 0 Å². The predicted molar refractivity (Wildman–Crippen MR) is 50.4 cm³/mol. The summed E-state index contributed by atoms with van der Waals surface area (Å²) in [5.41, 5.74) is 0. The van der Waals surface area contributed by atoms with Crippen LogP contribution >= 0.6 is 0 Å². The van der Waals surface area contributed by atoms with E-state index in [1.165, 1.54) is 0 Å². The van der Waals surface area contributed by atoms with Gasteiger partial charge in [-0.3, -0.25) is 9.59 Å². The first kappa shape index (κ1) is 19.4. The van der Waals surface area contributed by atoms with E-state index in [9.17, 15) is 44.7 Å². The monoisotopic (exact) mass is 331 g/mol. The summed E-state index contributed by atoms with van der Waals surface area (Å²) in [7, 11) is 0. The van der Waals surface area contributed by atoms with Gasteiger partial charge in [0, 0.05) is 13.0 Å². The number of nitrogens with one attached hydrogen (secondary N) is 1. The van der Waals surface area contributed by atoms with Gasteiger partial charge >= 0.3 is 30.2 Å². The second kappa shape index (κ2) is 6.43. The highest BCUT2D eigenvalue weighted by Crippen LogP contribution is 2.42. The average Bonchev–Trinajstić information content (AvgIpc) is 2.24. The summed E-state index contributed by atoms with van der Waals surface area (Å²) in [5, 5.41) is 9.13. The van der Waals surface area contributed by atoms with Crippen LogP contribution in [0.2, 0.25) is 0 Å². The molecule has 1 unspecified atom stereocenters. The maximum absolute atomic E-state index is 13.0. The van der Waals surface area contributed by atoms with Gasteiger partial charge in [-0.15, -0.1) is 0 Å². The van der Waals surface area contributed by atoms with Crippen LogP contribution in [0.5, 0.6) is 0 Å². The Balaban J connectivity index is 5.00. The van der Waals surface area contributed by atoms with E-state index in [-0.39, 0.29) is 0 Å². The highest BCUT2D eigenvalue weighted by atomic mass is 19.4. The molecule has 0 radical (unpaired) electrons. The number of rotatable bonds is 6. The Kier molecular flexibility index (Phi) is 5.94. The van der Waals surface area contributed by atoms with Gasteiger partial charge in [0.1, 0.15) is 0 Å². The molecule has 0 aromatic rings. The van der Waals surface area contributed by atoms with Gasteiger partial charge in [0.2, 0.25) is 0 Å². The molecule has 0 saturated heterocycles. The van der Waals surface area contributed by atoms with Gasteiger partial charge in [-0.2, -0.15) is 35.1 Å². The number of alkyl halides is 8. The number of hydrogen-bond donors (Lipinski definition) is 2.